The van der Waals surface area contributed by atoms with Crippen molar-refractivity contribution in [2.45, 2.75) is 25.3 Å². The number of amides is 1. The first-order chi connectivity index (χ1) is 17.2. The monoisotopic (exact) mass is 467 g/mol. The summed E-state index contributed by atoms with van der Waals surface area (Å²) in [6.45, 7) is 4.71. The molecule has 2 N–H and O–H groups in total. The highest BCUT2D eigenvalue weighted by Gasteiger charge is 2.29. The summed E-state index contributed by atoms with van der Waals surface area (Å²) in [6.07, 6.45) is 5.64. The number of likely N-dealkylation sites (tertiary alicyclic amines) is 1. The minimum Gasteiger partial charge on any atom is -0.370 e. The lowest BCUT2D eigenvalue weighted by atomic mass is 10.1. The van der Waals surface area contributed by atoms with E-state index < -0.39 is 0 Å². The third-order valence-corrected chi connectivity index (χ3v) is 6.74. The van der Waals surface area contributed by atoms with Gasteiger partial charge in [0, 0.05) is 47.8 Å². The molecule has 3 heterocycles. The summed E-state index contributed by atoms with van der Waals surface area (Å²) in [6, 6.07) is 20.0. The Bertz CT molecular complexity index is 1200. The van der Waals surface area contributed by atoms with Crippen molar-refractivity contribution in [1.29, 1.82) is 5.26 Å². The first-order valence-corrected chi connectivity index (χ1v) is 12.1. The van der Waals surface area contributed by atoms with E-state index in [0.29, 0.717) is 17.6 Å². The second kappa shape index (κ2) is 10.5. The highest BCUT2D eigenvalue weighted by molar-refractivity contribution is 5.94. The summed E-state index contributed by atoms with van der Waals surface area (Å²) in [4.78, 5) is 26.1. The number of nitrogens with zero attached hydrogens (tertiary/aromatic N) is 5. The first kappa shape index (κ1) is 22.8. The zero-order chi connectivity index (χ0) is 24.0. The average molecular weight is 468 g/mol. The molecule has 1 unspecified atom stereocenters. The quantitative estimate of drug-likeness (QED) is 0.510. The molecule has 2 aliphatic rings. The van der Waals surface area contributed by atoms with Gasteiger partial charge in [-0.3, -0.25) is 9.69 Å². The maximum Gasteiger partial charge on any atom is 0.252 e. The van der Waals surface area contributed by atoms with Gasteiger partial charge in [0.2, 0.25) is 5.95 Å². The van der Waals surface area contributed by atoms with Crippen LogP contribution in [0.15, 0.2) is 60.8 Å². The van der Waals surface area contributed by atoms with Gasteiger partial charge in [0.15, 0.2) is 0 Å². The smallest absolute Gasteiger partial charge is 0.252 e. The molecule has 8 heteroatoms. The average Bonchev–Trinajstić information content (AvgIpc) is 3.61. The number of carbonyl (C=O) groups excluding carboxylic acids is 1. The highest BCUT2D eigenvalue weighted by Crippen LogP contribution is 2.27. The largest absolute Gasteiger partial charge is 0.370 e. The molecule has 0 radical (unpaired) electrons. The predicted octanol–water partition coefficient (Wildman–Crippen LogP) is 3.82. The van der Waals surface area contributed by atoms with E-state index in [1.165, 1.54) is 38.0 Å². The van der Waals surface area contributed by atoms with E-state index in [1.807, 2.05) is 24.3 Å². The molecule has 2 fully saturated rings. The summed E-state index contributed by atoms with van der Waals surface area (Å²) >= 11 is 0. The number of rotatable bonds is 7. The number of aromatic nitrogens is 2. The minimum absolute atomic E-state index is 0.0142. The Morgan fingerprint density at radius 1 is 1.03 bits per heavy atom. The number of nitrogens with one attached hydrogen (secondary N) is 2. The van der Waals surface area contributed by atoms with Crippen LogP contribution in [0.1, 0.15) is 29.6 Å². The van der Waals surface area contributed by atoms with Crippen LogP contribution in [0.25, 0.3) is 11.3 Å². The van der Waals surface area contributed by atoms with Gasteiger partial charge < -0.3 is 15.5 Å². The van der Waals surface area contributed by atoms with E-state index >= 15 is 0 Å². The zero-order valence-electron chi connectivity index (χ0n) is 19.7. The van der Waals surface area contributed by atoms with Crippen LogP contribution in [-0.4, -0.2) is 59.5 Å². The van der Waals surface area contributed by atoms with Gasteiger partial charge in [-0.2, -0.15) is 5.26 Å². The summed E-state index contributed by atoms with van der Waals surface area (Å²) in [7, 11) is 0. The van der Waals surface area contributed by atoms with Crippen LogP contribution < -0.4 is 15.5 Å². The number of carbonyl (C=O) groups is 1. The van der Waals surface area contributed by atoms with Crippen LogP contribution >= 0.6 is 0 Å². The first-order valence-electron chi connectivity index (χ1n) is 12.1. The Labute approximate surface area is 205 Å². The van der Waals surface area contributed by atoms with E-state index in [1.54, 1.807) is 18.3 Å². The SMILES string of the molecule is N#CCNC(=O)c1ccc(-c2ccnc(Nc3ccc(N4CCC(N5CCCC5)C4)cc3)n2)cc1. The minimum atomic E-state index is -0.271. The van der Waals surface area contributed by atoms with E-state index in [-0.39, 0.29) is 12.5 Å². The molecule has 8 nitrogen and oxygen atoms in total. The number of benzene rings is 2. The predicted molar refractivity (Wildman–Crippen MR) is 137 cm³/mol. The standard InChI is InChI=1S/C27H29N7O/c28-13-15-29-26(35)21-5-3-20(4-6-21)25-11-14-30-27(32-25)31-22-7-9-23(10-8-22)34-18-12-24(19-34)33-16-1-2-17-33/h3-11,14,24H,1-2,12,15-19H2,(H,29,35)(H,30,31,32). The lowest BCUT2D eigenvalue weighted by molar-refractivity contribution is 0.0958. The van der Waals surface area contributed by atoms with Gasteiger partial charge in [-0.1, -0.05) is 12.1 Å². The normalized spacial score (nSPS) is 17.8. The molecule has 1 amide bonds. The Balaban J connectivity index is 1.21. The summed E-state index contributed by atoms with van der Waals surface area (Å²) in [5.41, 5.74) is 4.33. The molecule has 1 atom stereocenters. The summed E-state index contributed by atoms with van der Waals surface area (Å²) < 4.78 is 0. The van der Waals surface area contributed by atoms with Crippen molar-refractivity contribution in [3.05, 3.63) is 66.4 Å². The Morgan fingerprint density at radius 3 is 2.54 bits per heavy atom. The molecule has 1 aromatic heterocycles. The van der Waals surface area contributed by atoms with Crippen LogP contribution in [0.5, 0.6) is 0 Å². The molecule has 3 aromatic rings. The number of nitriles is 1. The third kappa shape index (κ3) is 5.42. The number of anilines is 3. The van der Waals surface area contributed by atoms with Crippen molar-refractivity contribution in [2.24, 2.45) is 0 Å². The van der Waals surface area contributed by atoms with Crippen LogP contribution in [0.2, 0.25) is 0 Å². The Hall–Kier alpha value is -3.96. The Kier molecular flexibility index (Phi) is 6.87. The molecule has 0 bridgehead atoms. The van der Waals surface area contributed by atoms with E-state index in [9.17, 15) is 4.79 Å². The molecule has 5 rings (SSSR count). The molecule has 178 valence electrons. The van der Waals surface area contributed by atoms with Gasteiger partial charge in [0.05, 0.1) is 11.8 Å². The fraction of sp³-hybridized carbons (Fsp3) is 0.333. The molecule has 0 aliphatic carbocycles. The molecule has 0 spiro atoms. The van der Waals surface area contributed by atoms with Crippen LogP contribution in [0.4, 0.5) is 17.3 Å². The van der Waals surface area contributed by atoms with Crippen molar-refractivity contribution >= 4 is 23.2 Å². The molecular formula is C27H29N7O. The second-order valence-corrected chi connectivity index (χ2v) is 8.99. The van der Waals surface area contributed by atoms with E-state index in [4.69, 9.17) is 5.26 Å². The maximum atomic E-state index is 12.0. The van der Waals surface area contributed by atoms with E-state index in [0.717, 1.165) is 30.0 Å². The van der Waals surface area contributed by atoms with Crippen molar-refractivity contribution in [3.8, 4) is 17.3 Å². The van der Waals surface area contributed by atoms with E-state index in [2.05, 4.69) is 54.7 Å². The fourth-order valence-corrected chi connectivity index (χ4v) is 4.86. The van der Waals surface area contributed by atoms with Crippen molar-refractivity contribution in [2.75, 3.05) is 42.9 Å². The van der Waals surface area contributed by atoms with Gasteiger partial charge in [-0.15, -0.1) is 0 Å². The maximum absolute atomic E-state index is 12.0. The van der Waals surface area contributed by atoms with Crippen LogP contribution in [0, 0.1) is 11.3 Å². The Morgan fingerprint density at radius 2 is 1.80 bits per heavy atom. The van der Waals surface area contributed by atoms with Crippen molar-refractivity contribution in [1.82, 2.24) is 20.2 Å². The van der Waals surface area contributed by atoms with Gasteiger partial charge in [-0.25, -0.2) is 9.97 Å². The summed E-state index contributed by atoms with van der Waals surface area (Å²) in [5.74, 6) is 0.244. The van der Waals surface area contributed by atoms with Crippen molar-refractivity contribution in [3.63, 3.8) is 0 Å². The zero-order valence-corrected chi connectivity index (χ0v) is 19.7. The molecule has 2 saturated heterocycles. The summed E-state index contributed by atoms with van der Waals surface area (Å²) in [5, 5.41) is 14.4. The second-order valence-electron chi connectivity index (χ2n) is 8.99. The molecular weight excluding hydrogens is 438 g/mol. The van der Waals surface area contributed by atoms with Crippen molar-refractivity contribution < 1.29 is 4.79 Å². The lowest BCUT2D eigenvalue weighted by Gasteiger charge is -2.24. The lowest BCUT2D eigenvalue weighted by Crippen LogP contribution is -2.35. The topological polar surface area (TPSA) is 97.2 Å². The number of hydrogen-bond donors (Lipinski definition) is 2. The van der Waals surface area contributed by atoms with Gasteiger partial charge in [0.1, 0.15) is 6.54 Å². The third-order valence-electron chi connectivity index (χ3n) is 6.74. The fourth-order valence-electron chi connectivity index (χ4n) is 4.86. The molecule has 0 saturated carbocycles. The van der Waals surface area contributed by atoms with Crippen LogP contribution in [-0.2, 0) is 0 Å². The van der Waals surface area contributed by atoms with Gasteiger partial charge >= 0.3 is 0 Å². The molecule has 35 heavy (non-hydrogen) atoms. The molecule has 2 aromatic carbocycles. The van der Waals surface area contributed by atoms with Gasteiger partial charge in [-0.05, 0) is 74.8 Å². The highest BCUT2D eigenvalue weighted by atomic mass is 16.1. The number of hydrogen-bond acceptors (Lipinski definition) is 7. The van der Waals surface area contributed by atoms with Crippen LogP contribution in [0.3, 0.4) is 0 Å². The van der Waals surface area contributed by atoms with Gasteiger partial charge in [0.25, 0.3) is 5.91 Å². The molecule has 2 aliphatic heterocycles.